The van der Waals surface area contributed by atoms with Gasteiger partial charge in [0.2, 0.25) is 0 Å². The number of hydrogen-bond donors (Lipinski definition) is 1. The summed E-state index contributed by atoms with van der Waals surface area (Å²) in [6.45, 7) is 6.49. The quantitative estimate of drug-likeness (QED) is 0.646. The van der Waals surface area contributed by atoms with Crippen LogP contribution in [0.15, 0.2) is 5.38 Å². The van der Waals surface area contributed by atoms with E-state index in [2.05, 4.69) is 35.9 Å². The summed E-state index contributed by atoms with van der Waals surface area (Å²) in [4.78, 5) is 15.7. The largest absolute Gasteiger partial charge is 0.468 e. The van der Waals surface area contributed by atoms with Crippen molar-refractivity contribution in [3.05, 3.63) is 16.1 Å². The van der Waals surface area contributed by atoms with E-state index in [0.29, 0.717) is 6.42 Å². The van der Waals surface area contributed by atoms with Crippen molar-refractivity contribution >= 4 is 29.1 Å². The summed E-state index contributed by atoms with van der Waals surface area (Å²) < 4.78 is 4.58. The second kappa shape index (κ2) is 7.26. The Morgan fingerprint density at radius 2 is 2.26 bits per heavy atom. The molecule has 0 fully saturated rings. The standard InChI is InChI=1S/C13H22N2O2S2/c1-13(2,3)12-15-9(8-19-12)7-18-6-5-10(14)11(16)17-4/h8,10H,5-7,14H2,1-4H3. The van der Waals surface area contributed by atoms with E-state index in [9.17, 15) is 4.79 Å². The molecule has 1 rings (SSSR count). The molecule has 0 aliphatic heterocycles. The Labute approximate surface area is 123 Å². The Morgan fingerprint density at radius 1 is 1.58 bits per heavy atom. The van der Waals surface area contributed by atoms with Gasteiger partial charge >= 0.3 is 5.97 Å². The molecule has 0 saturated carbocycles. The molecule has 1 atom stereocenters. The van der Waals surface area contributed by atoms with Gasteiger partial charge in [-0.3, -0.25) is 4.79 Å². The molecule has 1 unspecified atom stereocenters. The zero-order chi connectivity index (χ0) is 14.5. The molecule has 4 nitrogen and oxygen atoms in total. The maximum Gasteiger partial charge on any atom is 0.322 e. The number of methoxy groups -OCH3 is 1. The Hall–Kier alpha value is -0.590. The van der Waals surface area contributed by atoms with E-state index >= 15 is 0 Å². The fourth-order valence-corrected chi connectivity index (χ4v) is 3.31. The van der Waals surface area contributed by atoms with Crippen molar-refractivity contribution in [2.75, 3.05) is 12.9 Å². The maximum absolute atomic E-state index is 11.1. The van der Waals surface area contributed by atoms with E-state index < -0.39 is 6.04 Å². The lowest BCUT2D eigenvalue weighted by molar-refractivity contribution is -0.142. The van der Waals surface area contributed by atoms with Gasteiger partial charge in [0.25, 0.3) is 0 Å². The van der Waals surface area contributed by atoms with Gasteiger partial charge in [0.15, 0.2) is 0 Å². The van der Waals surface area contributed by atoms with Crippen molar-refractivity contribution in [3.8, 4) is 0 Å². The highest BCUT2D eigenvalue weighted by molar-refractivity contribution is 7.98. The van der Waals surface area contributed by atoms with E-state index in [1.54, 1.807) is 23.1 Å². The van der Waals surface area contributed by atoms with Gasteiger partial charge < -0.3 is 10.5 Å². The maximum atomic E-state index is 11.1. The first-order chi connectivity index (χ1) is 8.84. The highest BCUT2D eigenvalue weighted by Gasteiger charge is 2.18. The Bertz CT molecular complexity index is 413. The number of carbonyl (C=O) groups is 1. The molecule has 0 aliphatic rings. The third-order valence-corrected chi connectivity index (χ3v) is 4.86. The van der Waals surface area contributed by atoms with Crippen LogP contribution in [0.5, 0.6) is 0 Å². The molecule has 6 heteroatoms. The summed E-state index contributed by atoms with van der Waals surface area (Å²) >= 11 is 3.45. The van der Waals surface area contributed by atoms with Crippen LogP contribution in [-0.4, -0.2) is 29.9 Å². The molecule has 1 aromatic heterocycles. The van der Waals surface area contributed by atoms with Crippen LogP contribution in [0, 0.1) is 0 Å². The van der Waals surface area contributed by atoms with E-state index in [1.807, 2.05) is 0 Å². The monoisotopic (exact) mass is 302 g/mol. The first-order valence-corrected chi connectivity index (χ1v) is 8.24. The molecule has 1 heterocycles. The van der Waals surface area contributed by atoms with Crippen LogP contribution in [0.25, 0.3) is 0 Å². The van der Waals surface area contributed by atoms with Gasteiger partial charge in [-0.1, -0.05) is 20.8 Å². The summed E-state index contributed by atoms with van der Waals surface area (Å²) in [5, 5.41) is 3.27. The van der Waals surface area contributed by atoms with E-state index in [1.165, 1.54) is 7.11 Å². The lowest BCUT2D eigenvalue weighted by Crippen LogP contribution is -2.31. The first kappa shape index (κ1) is 16.5. The Morgan fingerprint density at radius 3 is 2.79 bits per heavy atom. The highest BCUT2D eigenvalue weighted by atomic mass is 32.2. The van der Waals surface area contributed by atoms with E-state index in [0.717, 1.165) is 22.2 Å². The summed E-state index contributed by atoms with van der Waals surface area (Å²) in [5.74, 6) is 1.35. The highest BCUT2D eigenvalue weighted by Crippen LogP contribution is 2.27. The van der Waals surface area contributed by atoms with Crippen molar-refractivity contribution in [1.82, 2.24) is 4.98 Å². The average Bonchev–Trinajstić information content (AvgIpc) is 2.81. The van der Waals surface area contributed by atoms with Gasteiger partial charge in [0, 0.05) is 16.5 Å². The second-order valence-electron chi connectivity index (χ2n) is 5.36. The summed E-state index contributed by atoms with van der Waals surface area (Å²) in [6.07, 6.45) is 0.633. The number of carbonyl (C=O) groups excluding carboxylic acids is 1. The predicted octanol–water partition coefficient (Wildman–Crippen LogP) is 2.56. The van der Waals surface area contributed by atoms with Crippen molar-refractivity contribution in [3.63, 3.8) is 0 Å². The normalized spacial score (nSPS) is 13.3. The number of nitrogens with zero attached hydrogens (tertiary/aromatic N) is 1. The number of esters is 1. The topological polar surface area (TPSA) is 65.2 Å². The fourth-order valence-electron chi connectivity index (χ4n) is 1.37. The molecule has 0 amide bonds. The molecule has 19 heavy (non-hydrogen) atoms. The zero-order valence-corrected chi connectivity index (χ0v) is 13.6. The second-order valence-corrected chi connectivity index (χ2v) is 7.33. The van der Waals surface area contributed by atoms with Crippen molar-refractivity contribution in [1.29, 1.82) is 0 Å². The minimum absolute atomic E-state index is 0.112. The molecule has 0 spiro atoms. The Balaban J connectivity index is 2.30. The van der Waals surface area contributed by atoms with Crippen LogP contribution in [0.2, 0.25) is 0 Å². The van der Waals surface area contributed by atoms with Gasteiger partial charge in [-0.15, -0.1) is 11.3 Å². The minimum Gasteiger partial charge on any atom is -0.468 e. The van der Waals surface area contributed by atoms with Gasteiger partial charge in [0.05, 0.1) is 17.8 Å². The predicted molar refractivity (Wildman–Crippen MR) is 81.6 cm³/mol. The number of aromatic nitrogens is 1. The van der Waals surface area contributed by atoms with Crippen molar-refractivity contribution in [2.45, 2.75) is 44.4 Å². The van der Waals surface area contributed by atoms with Crippen molar-refractivity contribution in [2.24, 2.45) is 5.73 Å². The first-order valence-electron chi connectivity index (χ1n) is 6.20. The number of thioether (sulfide) groups is 1. The third kappa shape index (κ3) is 5.50. The van der Waals surface area contributed by atoms with Gasteiger partial charge in [-0.05, 0) is 12.2 Å². The molecule has 0 aromatic carbocycles. The van der Waals surface area contributed by atoms with Gasteiger partial charge in [0.1, 0.15) is 6.04 Å². The number of ether oxygens (including phenoxy) is 1. The molecule has 0 radical (unpaired) electrons. The summed E-state index contributed by atoms with van der Waals surface area (Å²) in [7, 11) is 1.36. The number of thiazole rings is 1. The molecular weight excluding hydrogens is 280 g/mol. The smallest absolute Gasteiger partial charge is 0.322 e. The molecule has 1 aromatic rings. The molecule has 0 aliphatic carbocycles. The van der Waals surface area contributed by atoms with Crippen LogP contribution in [0.4, 0.5) is 0 Å². The van der Waals surface area contributed by atoms with Crippen LogP contribution >= 0.6 is 23.1 Å². The number of hydrogen-bond acceptors (Lipinski definition) is 6. The summed E-state index contributed by atoms with van der Waals surface area (Å²) in [6, 6.07) is -0.516. The summed E-state index contributed by atoms with van der Waals surface area (Å²) in [5.41, 5.74) is 6.88. The van der Waals surface area contributed by atoms with Crippen LogP contribution in [0.3, 0.4) is 0 Å². The average molecular weight is 302 g/mol. The van der Waals surface area contributed by atoms with Crippen LogP contribution in [-0.2, 0) is 20.7 Å². The molecule has 0 saturated heterocycles. The Kier molecular flexibility index (Phi) is 6.29. The lowest BCUT2D eigenvalue weighted by Gasteiger charge is -2.13. The number of rotatable bonds is 6. The fraction of sp³-hybridized carbons (Fsp3) is 0.692. The molecule has 108 valence electrons. The molecular formula is C13H22N2O2S2. The van der Waals surface area contributed by atoms with E-state index in [4.69, 9.17) is 5.73 Å². The lowest BCUT2D eigenvalue weighted by atomic mass is 9.98. The number of nitrogens with two attached hydrogens (primary N) is 1. The SMILES string of the molecule is COC(=O)C(N)CCSCc1csc(C(C)(C)C)n1. The zero-order valence-electron chi connectivity index (χ0n) is 11.9. The molecule has 2 N–H and O–H groups in total. The van der Waals surface area contributed by atoms with Crippen molar-refractivity contribution < 1.29 is 9.53 Å². The van der Waals surface area contributed by atoms with Crippen LogP contribution < -0.4 is 5.73 Å². The van der Waals surface area contributed by atoms with Gasteiger partial charge in [-0.25, -0.2) is 4.98 Å². The molecule has 0 bridgehead atoms. The third-order valence-electron chi connectivity index (χ3n) is 2.52. The minimum atomic E-state index is -0.516. The van der Waals surface area contributed by atoms with Gasteiger partial charge in [-0.2, -0.15) is 11.8 Å². The van der Waals surface area contributed by atoms with Crippen LogP contribution in [0.1, 0.15) is 37.9 Å². The van der Waals surface area contributed by atoms with E-state index in [-0.39, 0.29) is 11.4 Å².